The lowest BCUT2D eigenvalue weighted by Crippen LogP contribution is -2.36. The van der Waals surface area contributed by atoms with Crippen molar-refractivity contribution in [1.29, 1.82) is 0 Å². The van der Waals surface area contributed by atoms with E-state index in [4.69, 9.17) is 16.3 Å². The van der Waals surface area contributed by atoms with E-state index in [-0.39, 0.29) is 5.75 Å². The van der Waals surface area contributed by atoms with Crippen LogP contribution in [0.1, 0.15) is 19.3 Å². The molecule has 1 heterocycles. The highest BCUT2D eigenvalue weighted by molar-refractivity contribution is 7.89. The Balaban J connectivity index is 2.40. The number of rotatable bonds is 6. The summed E-state index contributed by atoms with van der Waals surface area (Å²) in [6, 6.07) is 0. The Hall–Kier alpha value is 0.160. The average molecular weight is 270 g/mol. The highest BCUT2D eigenvalue weighted by Gasteiger charge is 2.22. The van der Waals surface area contributed by atoms with E-state index in [0.717, 1.165) is 19.4 Å². The quantitative estimate of drug-likeness (QED) is 0.683. The Morgan fingerprint density at radius 1 is 1.50 bits per heavy atom. The van der Waals surface area contributed by atoms with Crippen molar-refractivity contribution in [2.24, 2.45) is 5.92 Å². The molecule has 4 nitrogen and oxygen atoms in total. The molecule has 0 N–H and O–H groups in total. The van der Waals surface area contributed by atoms with Gasteiger partial charge in [-0.3, -0.25) is 0 Å². The predicted molar refractivity (Wildman–Crippen MR) is 65.3 cm³/mol. The second kappa shape index (κ2) is 6.79. The van der Waals surface area contributed by atoms with Crippen molar-refractivity contribution in [3.05, 3.63) is 0 Å². The Kier molecular flexibility index (Phi) is 6.03. The lowest BCUT2D eigenvalue weighted by Gasteiger charge is -2.26. The third-order valence-corrected chi connectivity index (χ3v) is 4.95. The van der Waals surface area contributed by atoms with Gasteiger partial charge in [-0.25, -0.2) is 12.7 Å². The van der Waals surface area contributed by atoms with Crippen molar-refractivity contribution in [1.82, 2.24) is 4.31 Å². The van der Waals surface area contributed by atoms with Crippen LogP contribution in [-0.2, 0) is 14.8 Å². The fourth-order valence-corrected chi connectivity index (χ4v) is 3.37. The molecule has 6 heteroatoms. The second-order valence-electron chi connectivity index (χ2n) is 4.22. The molecular weight excluding hydrogens is 250 g/mol. The van der Waals surface area contributed by atoms with Crippen LogP contribution in [0.15, 0.2) is 0 Å². The molecule has 1 aliphatic heterocycles. The molecule has 0 aliphatic carbocycles. The molecule has 0 saturated carbocycles. The lowest BCUT2D eigenvalue weighted by molar-refractivity contribution is 0.0495. The summed E-state index contributed by atoms with van der Waals surface area (Å²) in [5.41, 5.74) is 0. The van der Waals surface area contributed by atoms with E-state index in [1.54, 1.807) is 7.05 Å². The molecule has 0 spiro atoms. The first kappa shape index (κ1) is 14.2. The zero-order valence-corrected chi connectivity index (χ0v) is 11.3. The van der Waals surface area contributed by atoms with Crippen LogP contribution in [0, 0.1) is 5.92 Å². The first-order valence-corrected chi connectivity index (χ1v) is 7.78. The van der Waals surface area contributed by atoms with Gasteiger partial charge in [0.2, 0.25) is 10.0 Å². The molecule has 0 bridgehead atoms. The molecule has 1 rings (SSSR count). The second-order valence-corrected chi connectivity index (χ2v) is 6.80. The minimum Gasteiger partial charge on any atom is -0.381 e. The van der Waals surface area contributed by atoms with Gasteiger partial charge in [-0.15, -0.1) is 11.6 Å². The van der Waals surface area contributed by atoms with Crippen LogP contribution in [0.5, 0.6) is 0 Å². The topological polar surface area (TPSA) is 46.6 Å². The third kappa shape index (κ3) is 4.57. The van der Waals surface area contributed by atoms with Gasteiger partial charge in [0, 0.05) is 26.1 Å². The largest absolute Gasteiger partial charge is 0.381 e. The summed E-state index contributed by atoms with van der Waals surface area (Å²) in [5, 5.41) is 0. The van der Waals surface area contributed by atoms with E-state index >= 15 is 0 Å². The van der Waals surface area contributed by atoms with Gasteiger partial charge in [-0.05, 0) is 25.2 Å². The van der Waals surface area contributed by atoms with E-state index < -0.39 is 10.0 Å². The summed E-state index contributed by atoms with van der Waals surface area (Å²) in [7, 11) is -1.49. The van der Waals surface area contributed by atoms with Crippen molar-refractivity contribution in [3.8, 4) is 0 Å². The maximum absolute atomic E-state index is 11.8. The summed E-state index contributed by atoms with van der Waals surface area (Å²) < 4.78 is 30.4. The monoisotopic (exact) mass is 269 g/mol. The van der Waals surface area contributed by atoms with Crippen molar-refractivity contribution < 1.29 is 13.2 Å². The van der Waals surface area contributed by atoms with E-state index in [1.165, 1.54) is 4.31 Å². The Morgan fingerprint density at radius 3 is 2.81 bits per heavy atom. The van der Waals surface area contributed by atoms with E-state index in [2.05, 4.69) is 0 Å². The highest BCUT2D eigenvalue weighted by atomic mass is 35.5. The number of ether oxygens (including phenoxy) is 1. The Bertz CT molecular complexity index is 288. The molecule has 0 aromatic carbocycles. The molecule has 0 radical (unpaired) electrons. The molecule has 1 fully saturated rings. The smallest absolute Gasteiger partial charge is 0.213 e. The maximum Gasteiger partial charge on any atom is 0.213 e. The van der Waals surface area contributed by atoms with Gasteiger partial charge in [-0.2, -0.15) is 0 Å². The number of hydrogen-bond acceptors (Lipinski definition) is 3. The van der Waals surface area contributed by atoms with E-state index in [1.807, 2.05) is 0 Å². The molecule has 1 saturated heterocycles. The fraction of sp³-hybridized carbons (Fsp3) is 1.00. The Labute approximate surface area is 103 Å². The van der Waals surface area contributed by atoms with E-state index in [9.17, 15) is 8.42 Å². The fourth-order valence-electron chi connectivity index (χ4n) is 1.82. The zero-order chi connectivity index (χ0) is 12.0. The van der Waals surface area contributed by atoms with Crippen molar-refractivity contribution in [2.45, 2.75) is 19.3 Å². The van der Waals surface area contributed by atoms with Crippen LogP contribution < -0.4 is 0 Å². The average Bonchev–Trinajstić information content (AvgIpc) is 2.28. The van der Waals surface area contributed by atoms with Crippen LogP contribution in [-0.4, -0.2) is 51.2 Å². The van der Waals surface area contributed by atoms with Crippen LogP contribution in [0.3, 0.4) is 0 Å². The highest BCUT2D eigenvalue weighted by Crippen LogP contribution is 2.16. The minimum absolute atomic E-state index is 0.139. The van der Waals surface area contributed by atoms with Crippen molar-refractivity contribution in [3.63, 3.8) is 0 Å². The predicted octanol–water partition coefficient (Wildman–Crippen LogP) is 1.30. The SMILES string of the molecule is CN(CC1CCCOC1)S(=O)(=O)CCCCl. The van der Waals surface area contributed by atoms with Gasteiger partial charge < -0.3 is 4.74 Å². The molecular formula is C10H20ClNO3S. The molecule has 0 amide bonds. The molecule has 1 aliphatic rings. The lowest BCUT2D eigenvalue weighted by atomic mass is 10.0. The number of alkyl halides is 1. The summed E-state index contributed by atoms with van der Waals surface area (Å²) in [6.45, 7) is 2.04. The molecule has 1 unspecified atom stereocenters. The van der Waals surface area contributed by atoms with Crippen molar-refractivity contribution in [2.75, 3.05) is 38.4 Å². The standard InChI is InChI=1S/C10H20ClNO3S/c1-12(16(13,14)7-3-5-11)8-10-4-2-6-15-9-10/h10H,2-9H2,1H3. The van der Waals surface area contributed by atoms with Gasteiger partial charge in [0.05, 0.1) is 12.4 Å². The molecule has 0 aromatic heterocycles. The number of halogens is 1. The first-order valence-electron chi connectivity index (χ1n) is 5.64. The number of hydrogen-bond donors (Lipinski definition) is 0. The Morgan fingerprint density at radius 2 is 2.25 bits per heavy atom. The summed E-state index contributed by atoms with van der Waals surface area (Å²) in [6.07, 6.45) is 2.59. The van der Waals surface area contributed by atoms with E-state index in [0.29, 0.717) is 31.4 Å². The normalized spacial score (nSPS) is 22.6. The van der Waals surface area contributed by atoms with Crippen LogP contribution in [0.25, 0.3) is 0 Å². The number of sulfonamides is 1. The van der Waals surface area contributed by atoms with Crippen LogP contribution in [0.2, 0.25) is 0 Å². The first-order chi connectivity index (χ1) is 7.56. The molecule has 1 atom stereocenters. The minimum atomic E-state index is -3.13. The van der Waals surface area contributed by atoms with Gasteiger partial charge in [0.15, 0.2) is 0 Å². The molecule has 96 valence electrons. The van der Waals surface area contributed by atoms with Gasteiger partial charge in [-0.1, -0.05) is 0 Å². The summed E-state index contributed by atoms with van der Waals surface area (Å²) >= 11 is 5.50. The number of nitrogens with zero attached hydrogens (tertiary/aromatic N) is 1. The van der Waals surface area contributed by atoms with Crippen LogP contribution in [0.4, 0.5) is 0 Å². The zero-order valence-electron chi connectivity index (χ0n) is 9.69. The van der Waals surface area contributed by atoms with Gasteiger partial charge in [0.1, 0.15) is 0 Å². The molecule has 16 heavy (non-hydrogen) atoms. The summed E-state index contributed by atoms with van der Waals surface area (Å²) in [4.78, 5) is 0. The van der Waals surface area contributed by atoms with Gasteiger partial charge >= 0.3 is 0 Å². The third-order valence-electron chi connectivity index (χ3n) is 2.78. The summed E-state index contributed by atoms with van der Waals surface area (Å²) in [5.74, 6) is 0.865. The van der Waals surface area contributed by atoms with Crippen LogP contribution >= 0.6 is 11.6 Å². The van der Waals surface area contributed by atoms with Crippen molar-refractivity contribution >= 4 is 21.6 Å². The van der Waals surface area contributed by atoms with Gasteiger partial charge in [0.25, 0.3) is 0 Å². The maximum atomic E-state index is 11.8. The molecule has 0 aromatic rings.